The molecule has 3 N–H and O–H groups in total. The largest absolute Gasteiger partial charge is 0.479 e. The van der Waals surface area contributed by atoms with Gasteiger partial charge in [-0.2, -0.15) is 4.31 Å². The molecule has 0 spiro atoms. The second-order valence-electron chi connectivity index (χ2n) is 4.24. The van der Waals surface area contributed by atoms with Crippen molar-refractivity contribution in [1.29, 1.82) is 0 Å². The Morgan fingerprint density at radius 1 is 1.30 bits per heavy atom. The number of hydrogen-bond donors (Lipinski definition) is 3. The fourth-order valence-corrected chi connectivity index (χ4v) is 2.97. The van der Waals surface area contributed by atoms with E-state index < -0.39 is 34.5 Å². The van der Waals surface area contributed by atoms with E-state index in [2.05, 4.69) is 5.32 Å². The maximum atomic E-state index is 11.9. The molecule has 1 atom stereocenters. The van der Waals surface area contributed by atoms with Gasteiger partial charge in [0, 0.05) is 19.5 Å². The molecule has 1 unspecified atom stereocenters. The predicted octanol–water partition coefficient (Wildman–Crippen LogP) is -2.40. The molecule has 1 aliphatic heterocycles. The van der Waals surface area contributed by atoms with E-state index in [0.29, 0.717) is 13.2 Å². The fraction of sp³-hybridized carbons (Fsp3) is 0.800. The summed E-state index contributed by atoms with van der Waals surface area (Å²) in [5, 5.41) is 19.5. The third-order valence-electron chi connectivity index (χ3n) is 2.73. The summed E-state index contributed by atoms with van der Waals surface area (Å²) in [6.07, 6.45) is -1.98. The number of carboxylic acid groups (broad SMARTS) is 1. The lowest BCUT2D eigenvalue weighted by Gasteiger charge is -2.25. The van der Waals surface area contributed by atoms with Gasteiger partial charge in [0.15, 0.2) is 6.10 Å². The molecule has 0 aromatic rings. The van der Waals surface area contributed by atoms with Crippen LogP contribution in [0.15, 0.2) is 0 Å². The number of aliphatic carboxylic acids is 1. The minimum absolute atomic E-state index is 0.266. The molecule has 0 saturated carbocycles. The van der Waals surface area contributed by atoms with Gasteiger partial charge in [0.1, 0.15) is 0 Å². The van der Waals surface area contributed by atoms with Crippen molar-refractivity contribution in [2.75, 3.05) is 38.6 Å². The van der Waals surface area contributed by atoms with Gasteiger partial charge in [0.2, 0.25) is 15.9 Å². The number of carboxylic acids is 1. The van der Waals surface area contributed by atoms with Gasteiger partial charge in [-0.1, -0.05) is 0 Å². The number of morpholine rings is 1. The van der Waals surface area contributed by atoms with Gasteiger partial charge in [-0.15, -0.1) is 0 Å². The van der Waals surface area contributed by atoms with Crippen molar-refractivity contribution in [3.8, 4) is 0 Å². The number of carbonyl (C=O) groups excluding carboxylic acids is 1. The van der Waals surface area contributed by atoms with Crippen molar-refractivity contribution in [3.63, 3.8) is 0 Å². The van der Waals surface area contributed by atoms with Gasteiger partial charge in [0.05, 0.1) is 25.5 Å². The molecular weight excluding hydrogens is 292 g/mol. The Hall–Kier alpha value is -1.23. The molecule has 20 heavy (non-hydrogen) atoms. The average Bonchev–Trinajstić information content (AvgIpc) is 2.43. The number of hydrogen-bond acceptors (Lipinski definition) is 6. The molecule has 116 valence electrons. The molecule has 1 heterocycles. The summed E-state index contributed by atoms with van der Waals surface area (Å²) in [5.41, 5.74) is 0. The first-order valence-corrected chi connectivity index (χ1v) is 7.67. The Morgan fingerprint density at radius 3 is 2.45 bits per heavy atom. The molecule has 1 amide bonds. The fourth-order valence-electron chi connectivity index (χ4n) is 1.56. The number of amides is 1. The summed E-state index contributed by atoms with van der Waals surface area (Å²) in [4.78, 5) is 21.7. The van der Waals surface area contributed by atoms with Crippen LogP contribution >= 0.6 is 0 Å². The average molecular weight is 310 g/mol. The van der Waals surface area contributed by atoms with E-state index in [0.717, 1.165) is 0 Å². The molecule has 0 aromatic carbocycles. The maximum absolute atomic E-state index is 11.9. The predicted molar refractivity (Wildman–Crippen MR) is 67.4 cm³/mol. The molecular formula is C10H18N2O7S. The van der Waals surface area contributed by atoms with Crippen LogP contribution in [0, 0.1) is 0 Å². The van der Waals surface area contributed by atoms with E-state index in [4.69, 9.17) is 14.9 Å². The normalized spacial score (nSPS) is 18.4. The van der Waals surface area contributed by atoms with E-state index in [1.807, 2.05) is 0 Å². The van der Waals surface area contributed by atoms with E-state index in [9.17, 15) is 18.0 Å². The zero-order valence-corrected chi connectivity index (χ0v) is 11.6. The summed E-state index contributed by atoms with van der Waals surface area (Å²) < 4.78 is 30.1. The van der Waals surface area contributed by atoms with Crippen LogP contribution in [0.5, 0.6) is 0 Å². The highest BCUT2D eigenvalue weighted by molar-refractivity contribution is 7.89. The van der Waals surface area contributed by atoms with Crippen LogP contribution in [0.1, 0.15) is 6.42 Å². The van der Waals surface area contributed by atoms with Crippen LogP contribution in [-0.4, -0.2) is 79.5 Å². The minimum Gasteiger partial charge on any atom is -0.479 e. The van der Waals surface area contributed by atoms with Crippen molar-refractivity contribution in [2.45, 2.75) is 12.5 Å². The Balaban J connectivity index is 2.34. The number of sulfonamides is 1. The van der Waals surface area contributed by atoms with Crippen LogP contribution in [0.3, 0.4) is 0 Å². The van der Waals surface area contributed by atoms with Crippen LogP contribution in [0.4, 0.5) is 0 Å². The summed E-state index contributed by atoms with van der Waals surface area (Å²) in [6.45, 7) is 0.738. The first-order chi connectivity index (χ1) is 9.33. The van der Waals surface area contributed by atoms with Crippen molar-refractivity contribution in [2.24, 2.45) is 0 Å². The van der Waals surface area contributed by atoms with Gasteiger partial charge >= 0.3 is 5.97 Å². The van der Waals surface area contributed by atoms with E-state index in [1.54, 1.807) is 0 Å². The van der Waals surface area contributed by atoms with Crippen molar-refractivity contribution >= 4 is 21.9 Å². The molecule has 1 fully saturated rings. The summed E-state index contributed by atoms with van der Waals surface area (Å²) in [7, 11) is -3.52. The second-order valence-corrected chi connectivity index (χ2v) is 6.32. The molecule has 10 heteroatoms. The quantitative estimate of drug-likeness (QED) is 0.477. The van der Waals surface area contributed by atoms with Gasteiger partial charge in [-0.3, -0.25) is 4.79 Å². The van der Waals surface area contributed by atoms with Gasteiger partial charge in [0.25, 0.3) is 0 Å². The minimum atomic E-state index is -3.52. The molecule has 1 rings (SSSR count). The van der Waals surface area contributed by atoms with Gasteiger partial charge < -0.3 is 20.3 Å². The highest BCUT2D eigenvalue weighted by Crippen LogP contribution is 2.06. The summed E-state index contributed by atoms with van der Waals surface area (Å²) >= 11 is 0. The maximum Gasteiger partial charge on any atom is 0.334 e. The number of nitrogens with zero attached hydrogens (tertiary/aromatic N) is 1. The lowest BCUT2D eigenvalue weighted by Crippen LogP contribution is -2.43. The van der Waals surface area contributed by atoms with Crippen LogP contribution < -0.4 is 5.32 Å². The lowest BCUT2D eigenvalue weighted by molar-refractivity contribution is -0.146. The van der Waals surface area contributed by atoms with E-state index in [-0.39, 0.29) is 25.3 Å². The zero-order valence-electron chi connectivity index (χ0n) is 10.8. The number of aliphatic hydroxyl groups excluding tert-OH is 1. The van der Waals surface area contributed by atoms with E-state index in [1.165, 1.54) is 4.31 Å². The first-order valence-electron chi connectivity index (χ1n) is 6.06. The molecule has 9 nitrogen and oxygen atoms in total. The lowest BCUT2D eigenvalue weighted by atomic mass is 10.3. The Kier molecular flexibility index (Phi) is 6.33. The SMILES string of the molecule is O=C(CCS(=O)(=O)N1CCOCC1)NCC(O)C(=O)O. The topological polar surface area (TPSA) is 133 Å². The number of rotatable bonds is 7. The number of ether oxygens (including phenoxy) is 1. The monoisotopic (exact) mass is 310 g/mol. The highest BCUT2D eigenvalue weighted by atomic mass is 32.2. The Morgan fingerprint density at radius 2 is 1.90 bits per heavy atom. The Bertz CT molecular complexity index is 445. The van der Waals surface area contributed by atoms with Crippen LogP contribution in [-0.2, 0) is 24.3 Å². The number of carbonyl (C=O) groups is 2. The van der Waals surface area contributed by atoms with Gasteiger partial charge in [-0.05, 0) is 0 Å². The van der Waals surface area contributed by atoms with E-state index >= 15 is 0 Å². The molecule has 0 radical (unpaired) electrons. The second kappa shape index (κ2) is 7.53. The van der Waals surface area contributed by atoms with Crippen LogP contribution in [0.25, 0.3) is 0 Å². The molecule has 1 saturated heterocycles. The zero-order chi connectivity index (χ0) is 15.2. The molecule has 0 bridgehead atoms. The smallest absolute Gasteiger partial charge is 0.334 e. The van der Waals surface area contributed by atoms with Crippen molar-refractivity contribution in [1.82, 2.24) is 9.62 Å². The number of nitrogens with one attached hydrogen (secondary N) is 1. The van der Waals surface area contributed by atoms with Gasteiger partial charge in [-0.25, -0.2) is 13.2 Å². The third-order valence-corrected chi connectivity index (χ3v) is 4.60. The Labute approximate surface area is 116 Å². The molecule has 0 aliphatic carbocycles. The first kappa shape index (κ1) is 16.8. The van der Waals surface area contributed by atoms with Crippen LogP contribution in [0.2, 0.25) is 0 Å². The highest BCUT2D eigenvalue weighted by Gasteiger charge is 2.25. The van der Waals surface area contributed by atoms with Crippen molar-refractivity contribution in [3.05, 3.63) is 0 Å². The molecule has 0 aromatic heterocycles. The van der Waals surface area contributed by atoms with Crippen molar-refractivity contribution < 1.29 is 33.0 Å². The summed E-state index contributed by atoms with van der Waals surface area (Å²) in [5.74, 6) is -2.43. The number of aliphatic hydroxyl groups is 1. The molecule has 1 aliphatic rings. The summed E-state index contributed by atoms with van der Waals surface area (Å²) in [6, 6.07) is 0. The standard InChI is InChI=1S/C10H18N2O7S/c13-8(10(15)16)7-11-9(14)1-6-20(17,18)12-2-4-19-5-3-12/h8,13H,1-7H2,(H,11,14)(H,15,16). The third kappa shape index (κ3) is 5.41.